The molecule has 0 fully saturated rings. The predicted octanol–water partition coefficient (Wildman–Crippen LogP) is 5.14. The van der Waals surface area contributed by atoms with Crippen molar-refractivity contribution in [3.63, 3.8) is 0 Å². The van der Waals surface area contributed by atoms with Crippen molar-refractivity contribution in [1.82, 2.24) is 4.57 Å². The fourth-order valence-corrected chi connectivity index (χ4v) is 3.41. The van der Waals surface area contributed by atoms with Gasteiger partial charge in [0.15, 0.2) is 17.1 Å². The second kappa shape index (κ2) is 8.37. The summed E-state index contributed by atoms with van der Waals surface area (Å²) in [5.74, 6) is 0.566. The number of benzene rings is 2. The Labute approximate surface area is 173 Å². The van der Waals surface area contributed by atoms with Crippen LogP contribution in [-0.4, -0.2) is 23.4 Å². The number of unbranched alkanes of at least 4 members (excludes halogenated alkanes) is 1. The van der Waals surface area contributed by atoms with Gasteiger partial charge in [-0.3, -0.25) is 4.79 Å². The van der Waals surface area contributed by atoms with E-state index in [4.69, 9.17) is 13.9 Å². The number of phenols is 1. The van der Waals surface area contributed by atoms with Crippen LogP contribution in [0, 0.1) is 0 Å². The SMILES string of the molecule is CCCCOc1c(-c2ccccc2)oc2c(OC)c(-n3cccc3)cc(O)c2c1=O. The predicted molar refractivity (Wildman–Crippen MR) is 116 cm³/mol. The van der Waals surface area contributed by atoms with Gasteiger partial charge in [0, 0.05) is 24.0 Å². The smallest absolute Gasteiger partial charge is 0.239 e. The van der Waals surface area contributed by atoms with Crippen molar-refractivity contribution in [3.05, 3.63) is 71.1 Å². The van der Waals surface area contributed by atoms with E-state index >= 15 is 0 Å². The summed E-state index contributed by atoms with van der Waals surface area (Å²) in [6, 6.07) is 14.5. The lowest BCUT2D eigenvalue weighted by Gasteiger charge is -2.16. The van der Waals surface area contributed by atoms with Crippen molar-refractivity contribution < 1.29 is 19.0 Å². The number of hydrogen-bond donors (Lipinski definition) is 1. The van der Waals surface area contributed by atoms with Crippen molar-refractivity contribution >= 4 is 11.0 Å². The number of rotatable bonds is 7. The molecular formula is C24H23NO5. The van der Waals surface area contributed by atoms with Crippen molar-refractivity contribution in [1.29, 1.82) is 0 Å². The van der Waals surface area contributed by atoms with Crippen molar-refractivity contribution in [2.24, 2.45) is 0 Å². The summed E-state index contributed by atoms with van der Waals surface area (Å²) in [5.41, 5.74) is 1.01. The summed E-state index contributed by atoms with van der Waals surface area (Å²) in [5, 5.41) is 10.8. The molecule has 4 aromatic rings. The van der Waals surface area contributed by atoms with Gasteiger partial charge in [-0.15, -0.1) is 0 Å². The standard InChI is InChI=1S/C24H23NO5/c1-3-4-14-29-24-20(27)19-18(26)15-17(25-12-8-9-13-25)22(28-2)23(19)30-21(24)16-10-6-5-7-11-16/h5-13,15,26H,3-4,14H2,1-2H3. The summed E-state index contributed by atoms with van der Waals surface area (Å²) in [7, 11) is 1.51. The maximum atomic E-state index is 13.4. The number of methoxy groups -OCH3 is 1. The third-order valence-electron chi connectivity index (χ3n) is 4.91. The van der Waals surface area contributed by atoms with Gasteiger partial charge in [0.1, 0.15) is 11.1 Å². The van der Waals surface area contributed by atoms with Gasteiger partial charge in [-0.05, 0) is 18.6 Å². The molecule has 30 heavy (non-hydrogen) atoms. The molecule has 6 heteroatoms. The number of nitrogens with zero attached hydrogens (tertiary/aromatic N) is 1. The summed E-state index contributed by atoms with van der Waals surface area (Å²) in [4.78, 5) is 13.4. The second-order valence-corrected chi connectivity index (χ2v) is 6.90. The Balaban J connectivity index is 2.05. The molecule has 6 nitrogen and oxygen atoms in total. The zero-order valence-electron chi connectivity index (χ0n) is 16.9. The van der Waals surface area contributed by atoms with Crippen LogP contribution in [0.5, 0.6) is 17.2 Å². The van der Waals surface area contributed by atoms with E-state index in [0.29, 0.717) is 29.4 Å². The Kier molecular flexibility index (Phi) is 5.48. The molecule has 0 spiro atoms. The van der Waals surface area contributed by atoms with Gasteiger partial charge < -0.3 is 23.6 Å². The highest BCUT2D eigenvalue weighted by Crippen LogP contribution is 2.41. The minimum absolute atomic E-state index is 0.0361. The monoisotopic (exact) mass is 405 g/mol. The van der Waals surface area contributed by atoms with Gasteiger partial charge in [-0.1, -0.05) is 43.7 Å². The number of hydrogen-bond acceptors (Lipinski definition) is 5. The van der Waals surface area contributed by atoms with E-state index in [-0.39, 0.29) is 22.5 Å². The largest absolute Gasteiger partial charge is 0.507 e. The van der Waals surface area contributed by atoms with Crippen LogP contribution in [0.1, 0.15) is 19.8 Å². The molecule has 2 aromatic carbocycles. The Morgan fingerprint density at radius 1 is 1.07 bits per heavy atom. The molecule has 0 saturated carbocycles. The molecule has 0 amide bonds. The molecule has 4 rings (SSSR count). The molecule has 2 heterocycles. The number of ether oxygens (including phenoxy) is 2. The summed E-state index contributed by atoms with van der Waals surface area (Å²) in [6.07, 6.45) is 5.37. The van der Waals surface area contributed by atoms with E-state index in [0.717, 1.165) is 12.8 Å². The molecule has 0 unspecified atom stereocenters. The molecule has 0 aliphatic rings. The van der Waals surface area contributed by atoms with Crippen LogP contribution in [0.2, 0.25) is 0 Å². The zero-order chi connectivity index (χ0) is 21.1. The molecule has 0 bridgehead atoms. The molecule has 1 N–H and O–H groups in total. The van der Waals surface area contributed by atoms with E-state index in [1.807, 2.05) is 61.8 Å². The van der Waals surface area contributed by atoms with E-state index < -0.39 is 5.43 Å². The topological polar surface area (TPSA) is 73.8 Å². The first-order valence-corrected chi connectivity index (χ1v) is 9.88. The molecule has 2 aromatic heterocycles. The summed E-state index contributed by atoms with van der Waals surface area (Å²) >= 11 is 0. The quantitative estimate of drug-likeness (QED) is 0.431. The van der Waals surface area contributed by atoms with Gasteiger partial charge in [0.2, 0.25) is 11.2 Å². The third kappa shape index (κ3) is 3.41. The first kappa shape index (κ1) is 19.6. The first-order chi connectivity index (χ1) is 14.7. The molecule has 0 aliphatic carbocycles. The molecular weight excluding hydrogens is 382 g/mol. The number of aromatic nitrogens is 1. The highest BCUT2D eigenvalue weighted by atomic mass is 16.5. The normalized spacial score (nSPS) is 11.0. The van der Waals surface area contributed by atoms with Crippen LogP contribution in [0.15, 0.2) is 70.1 Å². The summed E-state index contributed by atoms with van der Waals surface area (Å²) < 4.78 is 19.4. The molecule has 0 saturated heterocycles. The Morgan fingerprint density at radius 3 is 2.47 bits per heavy atom. The van der Waals surface area contributed by atoms with Gasteiger partial charge in [0.25, 0.3) is 0 Å². The number of fused-ring (bicyclic) bond motifs is 1. The van der Waals surface area contributed by atoms with Gasteiger partial charge in [-0.2, -0.15) is 0 Å². The number of phenolic OH excluding ortho intramolecular Hbond substituents is 1. The fraction of sp³-hybridized carbons (Fsp3) is 0.208. The van der Waals surface area contributed by atoms with E-state index in [2.05, 4.69) is 0 Å². The highest BCUT2D eigenvalue weighted by molar-refractivity contribution is 5.94. The highest BCUT2D eigenvalue weighted by Gasteiger charge is 2.24. The van der Waals surface area contributed by atoms with Crippen molar-refractivity contribution in [3.8, 4) is 34.3 Å². The Morgan fingerprint density at radius 2 is 1.80 bits per heavy atom. The first-order valence-electron chi connectivity index (χ1n) is 9.88. The van der Waals surface area contributed by atoms with Crippen LogP contribution < -0.4 is 14.9 Å². The summed E-state index contributed by atoms with van der Waals surface area (Å²) in [6.45, 7) is 2.43. The lowest BCUT2D eigenvalue weighted by Crippen LogP contribution is -2.12. The second-order valence-electron chi connectivity index (χ2n) is 6.90. The molecule has 154 valence electrons. The third-order valence-corrected chi connectivity index (χ3v) is 4.91. The molecule has 0 radical (unpaired) electrons. The lowest BCUT2D eigenvalue weighted by atomic mass is 10.1. The van der Waals surface area contributed by atoms with Crippen LogP contribution >= 0.6 is 0 Å². The van der Waals surface area contributed by atoms with Crippen molar-refractivity contribution in [2.45, 2.75) is 19.8 Å². The van der Waals surface area contributed by atoms with Crippen LogP contribution in [0.3, 0.4) is 0 Å². The van der Waals surface area contributed by atoms with Gasteiger partial charge in [-0.25, -0.2) is 0 Å². The molecule has 0 atom stereocenters. The number of aromatic hydroxyl groups is 1. The molecule has 0 aliphatic heterocycles. The lowest BCUT2D eigenvalue weighted by molar-refractivity contribution is 0.300. The minimum atomic E-state index is -0.430. The van der Waals surface area contributed by atoms with Crippen LogP contribution in [-0.2, 0) is 0 Å². The van der Waals surface area contributed by atoms with Gasteiger partial charge >= 0.3 is 0 Å². The van der Waals surface area contributed by atoms with Crippen molar-refractivity contribution in [2.75, 3.05) is 13.7 Å². The maximum Gasteiger partial charge on any atom is 0.239 e. The Hall–Kier alpha value is -3.67. The fourth-order valence-electron chi connectivity index (χ4n) is 3.41. The Bertz CT molecular complexity index is 1210. The van der Waals surface area contributed by atoms with E-state index in [9.17, 15) is 9.90 Å². The van der Waals surface area contributed by atoms with E-state index in [1.165, 1.54) is 13.2 Å². The van der Waals surface area contributed by atoms with Gasteiger partial charge in [0.05, 0.1) is 19.4 Å². The minimum Gasteiger partial charge on any atom is -0.507 e. The van der Waals surface area contributed by atoms with Crippen LogP contribution in [0.4, 0.5) is 0 Å². The maximum absolute atomic E-state index is 13.4. The van der Waals surface area contributed by atoms with E-state index in [1.54, 1.807) is 4.57 Å². The average Bonchev–Trinajstić information content (AvgIpc) is 3.30. The average molecular weight is 405 g/mol. The zero-order valence-corrected chi connectivity index (χ0v) is 16.9. The van der Waals surface area contributed by atoms with Crippen LogP contribution in [0.25, 0.3) is 28.0 Å².